The molecule has 0 atom stereocenters. The van der Waals surface area contributed by atoms with E-state index in [-0.39, 0.29) is 4.90 Å². The zero-order chi connectivity index (χ0) is 13.9. The summed E-state index contributed by atoms with van der Waals surface area (Å²) < 4.78 is 25.8. The third-order valence-electron chi connectivity index (χ3n) is 2.77. The first kappa shape index (κ1) is 13.6. The van der Waals surface area contributed by atoms with Gasteiger partial charge in [0.05, 0.1) is 4.90 Å². The fourth-order valence-electron chi connectivity index (χ4n) is 1.56. The molecule has 1 N–H and O–H groups in total. The molecule has 8 heteroatoms. The number of tetrazole rings is 1. The molecular formula is C11H15N5O2S. The van der Waals surface area contributed by atoms with E-state index in [9.17, 15) is 8.42 Å². The van der Waals surface area contributed by atoms with E-state index in [1.165, 1.54) is 11.4 Å². The molecule has 0 aliphatic rings. The molecule has 0 unspecified atom stereocenters. The molecule has 1 aromatic carbocycles. The molecule has 19 heavy (non-hydrogen) atoms. The number of aromatic nitrogens is 4. The first-order chi connectivity index (χ1) is 9.00. The predicted octanol–water partition coefficient (Wildman–Crippen LogP) is 0.371. The SMILES string of the molecule is Cc1ccc(S(=O)(=O)N(C)CCc2nn[nH]n2)cc1. The molecule has 2 rings (SSSR count). The van der Waals surface area contributed by atoms with Crippen LogP contribution in [0.1, 0.15) is 11.4 Å². The lowest BCUT2D eigenvalue weighted by Gasteiger charge is -2.16. The maximum absolute atomic E-state index is 12.3. The Bertz CT molecular complexity index is 622. The van der Waals surface area contributed by atoms with Crippen molar-refractivity contribution in [3.05, 3.63) is 35.7 Å². The van der Waals surface area contributed by atoms with Crippen LogP contribution in [0.15, 0.2) is 29.2 Å². The van der Waals surface area contributed by atoms with Crippen LogP contribution in [0.5, 0.6) is 0 Å². The van der Waals surface area contributed by atoms with Crippen LogP contribution in [0.4, 0.5) is 0 Å². The first-order valence-corrected chi connectivity index (χ1v) is 7.19. The molecule has 7 nitrogen and oxygen atoms in total. The number of rotatable bonds is 5. The van der Waals surface area contributed by atoms with Crippen molar-refractivity contribution in [3.63, 3.8) is 0 Å². The standard InChI is InChI=1S/C11H15N5O2S/c1-9-3-5-10(6-4-9)19(17,18)16(2)8-7-11-12-14-15-13-11/h3-6H,7-8H2,1-2H3,(H,12,13,14,15). The number of aryl methyl sites for hydroxylation is 1. The number of hydrogen-bond donors (Lipinski definition) is 1. The van der Waals surface area contributed by atoms with Gasteiger partial charge in [0.15, 0.2) is 5.82 Å². The number of benzene rings is 1. The first-order valence-electron chi connectivity index (χ1n) is 5.75. The van der Waals surface area contributed by atoms with E-state index in [0.717, 1.165) is 5.56 Å². The summed E-state index contributed by atoms with van der Waals surface area (Å²) in [5, 5.41) is 13.3. The lowest BCUT2D eigenvalue weighted by atomic mass is 10.2. The van der Waals surface area contributed by atoms with Gasteiger partial charge in [-0.05, 0) is 19.1 Å². The van der Waals surface area contributed by atoms with Gasteiger partial charge in [-0.1, -0.05) is 22.9 Å². The summed E-state index contributed by atoms with van der Waals surface area (Å²) in [6.07, 6.45) is 0.415. The van der Waals surface area contributed by atoms with Gasteiger partial charge in [0.2, 0.25) is 10.0 Å². The van der Waals surface area contributed by atoms with Crippen LogP contribution in [0.2, 0.25) is 0 Å². The summed E-state index contributed by atoms with van der Waals surface area (Å²) in [7, 11) is -1.92. The zero-order valence-electron chi connectivity index (χ0n) is 10.7. The van der Waals surface area contributed by atoms with E-state index >= 15 is 0 Å². The highest BCUT2D eigenvalue weighted by atomic mass is 32.2. The Labute approximate surface area is 111 Å². The van der Waals surface area contributed by atoms with E-state index in [1.54, 1.807) is 24.3 Å². The maximum atomic E-state index is 12.3. The summed E-state index contributed by atoms with van der Waals surface area (Å²) >= 11 is 0. The van der Waals surface area contributed by atoms with E-state index in [4.69, 9.17) is 0 Å². The second kappa shape index (κ2) is 5.45. The van der Waals surface area contributed by atoms with Crippen molar-refractivity contribution < 1.29 is 8.42 Å². The summed E-state index contributed by atoms with van der Waals surface area (Å²) in [6.45, 7) is 2.21. The number of nitrogens with one attached hydrogen (secondary N) is 1. The van der Waals surface area contributed by atoms with E-state index in [2.05, 4.69) is 20.6 Å². The molecule has 0 spiro atoms. The fourth-order valence-corrected chi connectivity index (χ4v) is 2.73. The predicted molar refractivity (Wildman–Crippen MR) is 68.9 cm³/mol. The second-order valence-electron chi connectivity index (χ2n) is 4.22. The highest BCUT2D eigenvalue weighted by Gasteiger charge is 2.20. The molecule has 2 aromatic rings. The van der Waals surface area contributed by atoms with Crippen molar-refractivity contribution in [2.45, 2.75) is 18.2 Å². The molecule has 0 aliphatic carbocycles. The van der Waals surface area contributed by atoms with Crippen molar-refractivity contribution in [1.82, 2.24) is 24.9 Å². The molecule has 0 bridgehead atoms. The number of sulfonamides is 1. The summed E-state index contributed by atoms with van der Waals surface area (Å²) in [5.74, 6) is 0.492. The monoisotopic (exact) mass is 281 g/mol. The molecule has 0 amide bonds. The van der Waals surface area contributed by atoms with Crippen molar-refractivity contribution in [2.75, 3.05) is 13.6 Å². The van der Waals surface area contributed by atoms with Gasteiger partial charge in [-0.3, -0.25) is 0 Å². The molecule has 0 aliphatic heterocycles. The van der Waals surface area contributed by atoms with Crippen molar-refractivity contribution in [2.24, 2.45) is 0 Å². The van der Waals surface area contributed by atoms with E-state index < -0.39 is 10.0 Å². The molecule has 1 heterocycles. The average Bonchev–Trinajstić information content (AvgIpc) is 2.89. The van der Waals surface area contributed by atoms with Crippen LogP contribution in [0.25, 0.3) is 0 Å². The van der Waals surface area contributed by atoms with Crippen LogP contribution in [-0.2, 0) is 16.4 Å². The lowest BCUT2D eigenvalue weighted by Crippen LogP contribution is -2.29. The number of likely N-dealkylation sites (N-methyl/N-ethyl adjacent to an activating group) is 1. The van der Waals surface area contributed by atoms with Crippen LogP contribution in [-0.4, -0.2) is 46.9 Å². The minimum Gasteiger partial charge on any atom is -0.207 e. The van der Waals surface area contributed by atoms with Gasteiger partial charge < -0.3 is 0 Å². The number of nitrogens with zero attached hydrogens (tertiary/aromatic N) is 4. The summed E-state index contributed by atoms with van der Waals surface area (Å²) in [4.78, 5) is 0.286. The summed E-state index contributed by atoms with van der Waals surface area (Å²) in [6, 6.07) is 6.77. The Morgan fingerprint density at radius 2 is 1.95 bits per heavy atom. The van der Waals surface area contributed by atoms with Gasteiger partial charge in [-0.2, -0.15) is 5.21 Å². The third-order valence-corrected chi connectivity index (χ3v) is 4.64. The Morgan fingerprint density at radius 3 is 2.53 bits per heavy atom. The largest absolute Gasteiger partial charge is 0.242 e. The Balaban J connectivity index is 2.08. The number of hydrogen-bond acceptors (Lipinski definition) is 5. The van der Waals surface area contributed by atoms with Gasteiger partial charge in [-0.15, -0.1) is 10.2 Å². The molecule has 0 saturated heterocycles. The molecule has 1 aromatic heterocycles. The molecule has 0 radical (unpaired) electrons. The number of H-pyrrole nitrogens is 1. The average molecular weight is 281 g/mol. The van der Waals surface area contributed by atoms with Crippen molar-refractivity contribution in [3.8, 4) is 0 Å². The van der Waals surface area contributed by atoms with Gasteiger partial charge in [0.1, 0.15) is 0 Å². The third kappa shape index (κ3) is 3.15. The quantitative estimate of drug-likeness (QED) is 0.855. The smallest absolute Gasteiger partial charge is 0.207 e. The number of aromatic amines is 1. The van der Waals surface area contributed by atoms with Gasteiger partial charge in [0.25, 0.3) is 0 Å². The highest BCUT2D eigenvalue weighted by molar-refractivity contribution is 7.89. The lowest BCUT2D eigenvalue weighted by molar-refractivity contribution is 0.469. The normalized spacial score (nSPS) is 11.9. The van der Waals surface area contributed by atoms with Gasteiger partial charge in [-0.25, -0.2) is 12.7 Å². The van der Waals surface area contributed by atoms with Gasteiger partial charge in [0, 0.05) is 20.0 Å². The molecular weight excluding hydrogens is 266 g/mol. The van der Waals surface area contributed by atoms with E-state index in [1.807, 2.05) is 6.92 Å². The second-order valence-corrected chi connectivity index (χ2v) is 6.26. The molecule has 0 saturated carbocycles. The van der Waals surface area contributed by atoms with Gasteiger partial charge >= 0.3 is 0 Å². The Kier molecular flexibility index (Phi) is 3.91. The van der Waals surface area contributed by atoms with Crippen LogP contribution in [0, 0.1) is 6.92 Å². The topological polar surface area (TPSA) is 91.8 Å². The Morgan fingerprint density at radius 1 is 1.26 bits per heavy atom. The van der Waals surface area contributed by atoms with Crippen LogP contribution < -0.4 is 0 Å². The minimum absolute atomic E-state index is 0.286. The minimum atomic E-state index is -3.46. The molecule has 102 valence electrons. The zero-order valence-corrected chi connectivity index (χ0v) is 11.6. The van der Waals surface area contributed by atoms with Crippen molar-refractivity contribution >= 4 is 10.0 Å². The highest BCUT2D eigenvalue weighted by Crippen LogP contribution is 2.15. The fraction of sp³-hybridized carbons (Fsp3) is 0.364. The van der Waals surface area contributed by atoms with E-state index in [0.29, 0.717) is 18.8 Å². The van der Waals surface area contributed by atoms with Crippen molar-refractivity contribution in [1.29, 1.82) is 0 Å². The van der Waals surface area contributed by atoms with Crippen LogP contribution in [0.3, 0.4) is 0 Å². The summed E-state index contributed by atoms with van der Waals surface area (Å²) in [5.41, 5.74) is 1.02. The maximum Gasteiger partial charge on any atom is 0.242 e. The molecule has 0 fully saturated rings. The van der Waals surface area contributed by atoms with Crippen LogP contribution >= 0.6 is 0 Å². The Hall–Kier alpha value is -1.80.